The summed E-state index contributed by atoms with van der Waals surface area (Å²) in [4.78, 5) is 0. The predicted octanol–water partition coefficient (Wildman–Crippen LogP) is 4.08. The molecule has 0 aromatic carbocycles. The first-order valence-electron chi connectivity index (χ1n) is 6.46. The number of hydrogen-bond acceptors (Lipinski definition) is 0. The van der Waals surface area contributed by atoms with E-state index in [1.165, 1.54) is 11.2 Å². The van der Waals surface area contributed by atoms with Gasteiger partial charge in [-0.15, -0.1) is 11.3 Å². The molecule has 0 spiro atoms. The van der Waals surface area contributed by atoms with Gasteiger partial charge in [-0.1, -0.05) is 58.3 Å². The van der Waals surface area contributed by atoms with Crippen LogP contribution in [0.15, 0.2) is 16.1 Å². The van der Waals surface area contributed by atoms with Crippen molar-refractivity contribution < 1.29 is 0 Å². The molecule has 0 aliphatic heterocycles. The lowest BCUT2D eigenvalue weighted by Gasteiger charge is -2.10. The molecule has 0 amide bonds. The van der Waals surface area contributed by atoms with Gasteiger partial charge in [0.05, 0.1) is 8.80 Å². The smallest absolute Gasteiger partial charge is 0.129 e. The number of allylic oxidation sites excluding steroid dienone is 1. The average Bonchev–Trinajstić information content (AvgIpc) is 2.20. The Labute approximate surface area is 121 Å². The third-order valence-electron chi connectivity index (χ3n) is 2.35. The van der Waals surface area contributed by atoms with Gasteiger partial charge in [0.1, 0.15) is 17.6 Å². The summed E-state index contributed by atoms with van der Waals surface area (Å²) in [6.07, 6.45) is 0. The molecule has 18 heavy (non-hydrogen) atoms. The molecule has 4 heteroatoms. The summed E-state index contributed by atoms with van der Waals surface area (Å²) >= 11 is 0. The Morgan fingerprint density at radius 3 is 1.72 bits per heavy atom. The van der Waals surface area contributed by atoms with E-state index in [0.29, 0.717) is 0 Å². The third-order valence-corrected chi connectivity index (χ3v) is 7.15. The number of hydrogen-bond donors (Lipinski definition) is 0. The standard InChI is InChI=1S/C14H26Si4/c1-15(2)10-9-13(17(5)6)11-14(18(7)8)12-16(3)4/h12H2,1-8H3. The van der Waals surface area contributed by atoms with Crippen LogP contribution in [0.2, 0.25) is 58.4 Å². The topological polar surface area (TPSA) is 0 Å². The average molecular weight is 307 g/mol. The lowest BCUT2D eigenvalue weighted by molar-refractivity contribution is 1.52. The largest absolute Gasteiger partial charge is 0.138 e. The van der Waals surface area contributed by atoms with Gasteiger partial charge in [-0.3, -0.25) is 0 Å². The molecule has 0 saturated heterocycles. The Morgan fingerprint density at radius 1 is 0.833 bits per heavy atom. The van der Waals surface area contributed by atoms with Gasteiger partial charge in [-0.2, -0.15) is 0 Å². The second-order valence-electron chi connectivity index (χ2n) is 5.61. The first kappa shape index (κ1) is 17.9. The third kappa shape index (κ3) is 8.12. The summed E-state index contributed by atoms with van der Waals surface area (Å²) in [5.74, 6) is 3.43. The van der Waals surface area contributed by atoms with Gasteiger partial charge in [0, 0.05) is 14.0 Å². The molecule has 4 radical (unpaired) electrons. The SMILES string of the molecule is C[Si](C)C#CC(=C=C(C[Si](C)C)[Si](C)C)[Si](C)C. The van der Waals surface area contributed by atoms with Crippen LogP contribution in [0.3, 0.4) is 0 Å². The van der Waals surface area contributed by atoms with Crippen molar-refractivity contribution in [2.24, 2.45) is 0 Å². The maximum Gasteiger partial charge on any atom is 0.138 e. The molecule has 0 rings (SSSR count). The van der Waals surface area contributed by atoms with Gasteiger partial charge in [-0.05, 0) is 11.2 Å². The molecule has 0 saturated carbocycles. The van der Waals surface area contributed by atoms with E-state index < -0.39 is 17.6 Å². The van der Waals surface area contributed by atoms with Crippen molar-refractivity contribution in [3.8, 4) is 11.5 Å². The van der Waals surface area contributed by atoms with Crippen LogP contribution in [0.1, 0.15) is 0 Å². The van der Waals surface area contributed by atoms with Crippen molar-refractivity contribution in [2.75, 3.05) is 0 Å². The highest BCUT2D eigenvalue weighted by molar-refractivity contribution is 6.70. The molecule has 0 aromatic heterocycles. The molecule has 0 nitrogen and oxygen atoms in total. The molecule has 0 aliphatic carbocycles. The van der Waals surface area contributed by atoms with Gasteiger partial charge in [0.25, 0.3) is 0 Å². The molecule has 0 aromatic rings. The summed E-state index contributed by atoms with van der Waals surface area (Å²) in [5, 5.41) is 2.92. The molecular formula is C14H26Si4. The fourth-order valence-electron chi connectivity index (χ4n) is 1.32. The van der Waals surface area contributed by atoms with Crippen LogP contribution in [0, 0.1) is 11.5 Å². The predicted molar refractivity (Wildman–Crippen MR) is 93.1 cm³/mol. The van der Waals surface area contributed by atoms with E-state index in [0.717, 1.165) is 0 Å². The Balaban J connectivity index is 5.50. The maximum atomic E-state index is 3.73. The molecule has 0 heterocycles. The second-order valence-corrected chi connectivity index (χ2v) is 15.7. The fraction of sp³-hybridized carbons (Fsp3) is 0.643. The monoisotopic (exact) mass is 306 g/mol. The Hall–Kier alpha value is -0.0525. The highest BCUT2D eigenvalue weighted by atomic mass is 28.3. The van der Waals surface area contributed by atoms with Gasteiger partial charge in [0.15, 0.2) is 0 Å². The van der Waals surface area contributed by atoms with Crippen LogP contribution >= 0.6 is 0 Å². The van der Waals surface area contributed by atoms with Crippen molar-refractivity contribution in [1.29, 1.82) is 0 Å². The van der Waals surface area contributed by atoms with Crippen LogP contribution in [-0.4, -0.2) is 35.2 Å². The maximum absolute atomic E-state index is 3.73. The first-order valence-corrected chi connectivity index (χ1v) is 16.7. The number of rotatable bonds is 4. The van der Waals surface area contributed by atoms with Crippen LogP contribution in [0.25, 0.3) is 0 Å². The van der Waals surface area contributed by atoms with E-state index in [9.17, 15) is 0 Å². The molecule has 0 unspecified atom stereocenters. The molecule has 0 aliphatic rings. The fourth-order valence-corrected chi connectivity index (χ4v) is 6.30. The van der Waals surface area contributed by atoms with Crippen LogP contribution in [-0.2, 0) is 0 Å². The second kappa shape index (κ2) is 8.95. The van der Waals surface area contributed by atoms with E-state index in [1.807, 2.05) is 0 Å². The van der Waals surface area contributed by atoms with E-state index >= 15 is 0 Å². The minimum atomic E-state index is -0.477. The minimum absolute atomic E-state index is 0.197. The zero-order valence-electron chi connectivity index (χ0n) is 13.2. The summed E-state index contributed by atoms with van der Waals surface area (Å²) in [6, 6.07) is 1.29. The van der Waals surface area contributed by atoms with Crippen molar-refractivity contribution in [2.45, 2.75) is 58.4 Å². The Kier molecular flexibility index (Phi) is 8.92. The highest BCUT2D eigenvalue weighted by Gasteiger charge is 2.09. The van der Waals surface area contributed by atoms with E-state index in [1.54, 1.807) is 5.20 Å². The van der Waals surface area contributed by atoms with Gasteiger partial charge in [0.2, 0.25) is 0 Å². The lowest BCUT2D eigenvalue weighted by atomic mass is 10.5. The van der Waals surface area contributed by atoms with E-state index in [2.05, 4.69) is 69.6 Å². The molecular weight excluding hydrogens is 280 g/mol. The summed E-state index contributed by atoms with van der Waals surface area (Å²) in [5.41, 5.74) is 7.14. The highest BCUT2D eigenvalue weighted by Crippen LogP contribution is 2.11. The van der Waals surface area contributed by atoms with Crippen LogP contribution in [0.4, 0.5) is 0 Å². The van der Waals surface area contributed by atoms with E-state index in [4.69, 9.17) is 0 Å². The summed E-state index contributed by atoms with van der Waals surface area (Å²) in [7, 11) is -1.48. The minimum Gasteiger partial charge on any atom is -0.129 e. The molecule has 0 fully saturated rings. The Morgan fingerprint density at radius 2 is 1.39 bits per heavy atom. The van der Waals surface area contributed by atoms with Gasteiger partial charge in [-0.25, -0.2) is 0 Å². The lowest BCUT2D eigenvalue weighted by Crippen LogP contribution is -2.13. The van der Waals surface area contributed by atoms with Crippen LogP contribution < -0.4 is 0 Å². The van der Waals surface area contributed by atoms with Crippen LogP contribution in [0.5, 0.6) is 0 Å². The molecule has 0 atom stereocenters. The van der Waals surface area contributed by atoms with Gasteiger partial charge < -0.3 is 0 Å². The van der Waals surface area contributed by atoms with Crippen molar-refractivity contribution in [3.05, 3.63) is 16.1 Å². The first-order chi connectivity index (χ1) is 8.23. The molecule has 0 bridgehead atoms. The zero-order valence-corrected chi connectivity index (χ0v) is 17.2. The van der Waals surface area contributed by atoms with Gasteiger partial charge >= 0.3 is 0 Å². The van der Waals surface area contributed by atoms with Crippen molar-refractivity contribution in [1.82, 2.24) is 0 Å². The quantitative estimate of drug-likeness (QED) is 0.417. The van der Waals surface area contributed by atoms with Crippen molar-refractivity contribution >= 4 is 35.2 Å². The normalized spacial score (nSPS) is 10.7. The summed E-state index contributed by atoms with van der Waals surface area (Å²) < 4.78 is 0. The molecule has 98 valence electrons. The Bertz CT molecular complexity index is 374. The summed E-state index contributed by atoms with van der Waals surface area (Å²) in [6.45, 7) is 18.7. The van der Waals surface area contributed by atoms with E-state index in [-0.39, 0.29) is 17.6 Å². The van der Waals surface area contributed by atoms with Crippen molar-refractivity contribution in [3.63, 3.8) is 0 Å². The molecule has 0 N–H and O–H groups in total. The zero-order chi connectivity index (χ0) is 14.3.